The van der Waals surface area contributed by atoms with E-state index in [1.54, 1.807) is 42.7 Å². The fourth-order valence-corrected chi connectivity index (χ4v) is 2.11. The van der Waals surface area contributed by atoms with Gasteiger partial charge in [0.25, 0.3) is 0 Å². The molecular formula is C17H14FN5O2. The Labute approximate surface area is 142 Å². The standard InChI is InChI=1S/C17H14FN5O2/c18-12-5-1-2-6-13(12)21-15-8-14(11-4-3-7-19-9-11)22-17(23-15)20-10-16(24)25/h1-9H,10H2,(H,24,25)(H2,20,21,22,23). The summed E-state index contributed by atoms with van der Waals surface area (Å²) in [6.07, 6.45) is 3.25. The summed E-state index contributed by atoms with van der Waals surface area (Å²) in [5.41, 5.74) is 1.50. The van der Waals surface area contributed by atoms with Crippen LogP contribution in [-0.4, -0.2) is 32.6 Å². The number of rotatable bonds is 6. The quantitative estimate of drug-likeness (QED) is 0.635. The second-order valence-electron chi connectivity index (χ2n) is 5.06. The third kappa shape index (κ3) is 4.25. The lowest BCUT2D eigenvalue weighted by atomic mass is 10.2. The van der Waals surface area contributed by atoms with Crippen molar-refractivity contribution in [3.05, 3.63) is 60.7 Å². The van der Waals surface area contributed by atoms with Crippen LogP contribution in [-0.2, 0) is 4.79 Å². The Morgan fingerprint density at radius 2 is 2.00 bits per heavy atom. The summed E-state index contributed by atoms with van der Waals surface area (Å²) >= 11 is 0. The van der Waals surface area contributed by atoms with Gasteiger partial charge in [0, 0.05) is 24.0 Å². The molecule has 0 radical (unpaired) electrons. The summed E-state index contributed by atoms with van der Waals surface area (Å²) in [5, 5.41) is 14.3. The van der Waals surface area contributed by atoms with Crippen molar-refractivity contribution in [2.24, 2.45) is 0 Å². The Morgan fingerprint density at radius 3 is 2.72 bits per heavy atom. The number of anilines is 3. The molecule has 126 valence electrons. The first-order chi connectivity index (χ1) is 12.1. The molecule has 25 heavy (non-hydrogen) atoms. The molecule has 7 nitrogen and oxygen atoms in total. The van der Waals surface area contributed by atoms with Crippen LogP contribution in [0.25, 0.3) is 11.3 Å². The van der Waals surface area contributed by atoms with E-state index in [0.29, 0.717) is 11.5 Å². The van der Waals surface area contributed by atoms with Crippen molar-refractivity contribution < 1.29 is 14.3 Å². The lowest BCUT2D eigenvalue weighted by Gasteiger charge is -2.11. The number of carboxylic acids is 1. The molecule has 0 saturated heterocycles. The molecule has 0 aliphatic heterocycles. The molecule has 0 fully saturated rings. The molecule has 0 aliphatic rings. The predicted molar refractivity (Wildman–Crippen MR) is 91.1 cm³/mol. The topological polar surface area (TPSA) is 100 Å². The molecule has 0 unspecified atom stereocenters. The summed E-state index contributed by atoms with van der Waals surface area (Å²) in [6, 6.07) is 11.4. The number of benzene rings is 1. The fourth-order valence-electron chi connectivity index (χ4n) is 2.11. The van der Waals surface area contributed by atoms with E-state index in [2.05, 4.69) is 25.6 Å². The summed E-state index contributed by atoms with van der Waals surface area (Å²) in [7, 11) is 0. The zero-order valence-electron chi connectivity index (χ0n) is 13.0. The van der Waals surface area contributed by atoms with Crippen LogP contribution in [0.15, 0.2) is 54.9 Å². The number of hydrogen-bond acceptors (Lipinski definition) is 6. The smallest absolute Gasteiger partial charge is 0.322 e. The zero-order chi connectivity index (χ0) is 17.6. The SMILES string of the molecule is O=C(O)CNc1nc(Nc2ccccc2F)cc(-c2cccnc2)n1. The minimum absolute atomic E-state index is 0.114. The Morgan fingerprint density at radius 1 is 1.16 bits per heavy atom. The second-order valence-corrected chi connectivity index (χ2v) is 5.06. The number of para-hydroxylation sites is 1. The normalized spacial score (nSPS) is 10.3. The van der Waals surface area contributed by atoms with E-state index in [1.165, 1.54) is 6.07 Å². The van der Waals surface area contributed by atoms with Crippen molar-refractivity contribution in [1.82, 2.24) is 15.0 Å². The van der Waals surface area contributed by atoms with Crippen LogP contribution < -0.4 is 10.6 Å². The highest BCUT2D eigenvalue weighted by Gasteiger charge is 2.10. The van der Waals surface area contributed by atoms with E-state index in [0.717, 1.165) is 5.56 Å². The lowest BCUT2D eigenvalue weighted by Crippen LogP contribution is -2.15. The molecule has 8 heteroatoms. The highest BCUT2D eigenvalue weighted by molar-refractivity contribution is 5.73. The van der Waals surface area contributed by atoms with Gasteiger partial charge in [-0.05, 0) is 24.3 Å². The molecule has 3 N–H and O–H groups in total. The minimum atomic E-state index is -1.04. The van der Waals surface area contributed by atoms with Crippen LogP contribution in [0.1, 0.15) is 0 Å². The molecule has 2 heterocycles. The first kappa shape index (κ1) is 16.3. The van der Waals surface area contributed by atoms with Crippen LogP contribution in [0.5, 0.6) is 0 Å². The van der Waals surface area contributed by atoms with Crippen molar-refractivity contribution in [2.45, 2.75) is 0 Å². The van der Waals surface area contributed by atoms with Gasteiger partial charge in [0.15, 0.2) is 0 Å². The van der Waals surface area contributed by atoms with E-state index in [9.17, 15) is 9.18 Å². The fraction of sp³-hybridized carbons (Fsp3) is 0.0588. The van der Waals surface area contributed by atoms with Gasteiger partial charge in [-0.15, -0.1) is 0 Å². The number of pyridine rings is 1. The minimum Gasteiger partial charge on any atom is -0.480 e. The van der Waals surface area contributed by atoms with Crippen molar-refractivity contribution in [1.29, 1.82) is 0 Å². The van der Waals surface area contributed by atoms with Crippen LogP contribution in [0, 0.1) is 5.82 Å². The van der Waals surface area contributed by atoms with E-state index in [-0.39, 0.29) is 18.2 Å². The highest BCUT2D eigenvalue weighted by atomic mass is 19.1. The van der Waals surface area contributed by atoms with Gasteiger partial charge in [-0.3, -0.25) is 9.78 Å². The number of aromatic nitrogens is 3. The van der Waals surface area contributed by atoms with E-state index in [1.807, 2.05) is 6.07 Å². The molecule has 3 aromatic rings. The third-order valence-corrected chi connectivity index (χ3v) is 3.22. The third-order valence-electron chi connectivity index (χ3n) is 3.22. The Hall–Kier alpha value is -3.55. The molecule has 1 aromatic carbocycles. The van der Waals surface area contributed by atoms with Crippen molar-refractivity contribution >= 4 is 23.4 Å². The van der Waals surface area contributed by atoms with Crippen molar-refractivity contribution in [3.63, 3.8) is 0 Å². The van der Waals surface area contributed by atoms with Gasteiger partial charge >= 0.3 is 5.97 Å². The number of aliphatic carboxylic acids is 1. The van der Waals surface area contributed by atoms with Gasteiger partial charge < -0.3 is 15.7 Å². The summed E-state index contributed by atoms with van der Waals surface area (Å²) in [6.45, 7) is -0.338. The van der Waals surface area contributed by atoms with Gasteiger partial charge in [-0.2, -0.15) is 4.98 Å². The molecule has 0 bridgehead atoms. The van der Waals surface area contributed by atoms with Crippen LogP contribution in [0.3, 0.4) is 0 Å². The maximum absolute atomic E-state index is 13.8. The van der Waals surface area contributed by atoms with Crippen LogP contribution in [0.2, 0.25) is 0 Å². The van der Waals surface area contributed by atoms with E-state index in [4.69, 9.17) is 5.11 Å². The number of carbonyl (C=O) groups is 1. The number of hydrogen-bond donors (Lipinski definition) is 3. The lowest BCUT2D eigenvalue weighted by molar-refractivity contribution is -0.134. The Balaban J connectivity index is 1.97. The van der Waals surface area contributed by atoms with Gasteiger partial charge in [0.05, 0.1) is 11.4 Å². The zero-order valence-corrected chi connectivity index (χ0v) is 13.0. The van der Waals surface area contributed by atoms with Crippen molar-refractivity contribution in [2.75, 3.05) is 17.2 Å². The number of carboxylic acid groups (broad SMARTS) is 1. The molecule has 3 rings (SSSR count). The second kappa shape index (κ2) is 7.35. The number of nitrogens with one attached hydrogen (secondary N) is 2. The monoisotopic (exact) mass is 339 g/mol. The predicted octanol–water partition coefficient (Wildman–Crippen LogP) is 2.92. The number of halogens is 1. The van der Waals surface area contributed by atoms with Crippen LogP contribution in [0.4, 0.5) is 21.8 Å². The van der Waals surface area contributed by atoms with Crippen molar-refractivity contribution in [3.8, 4) is 11.3 Å². The Bertz CT molecular complexity index is 889. The van der Waals surface area contributed by atoms with Crippen LogP contribution >= 0.6 is 0 Å². The van der Waals surface area contributed by atoms with E-state index < -0.39 is 11.8 Å². The molecule has 0 amide bonds. The average Bonchev–Trinajstić information content (AvgIpc) is 2.62. The maximum Gasteiger partial charge on any atom is 0.322 e. The first-order valence-electron chi connectivity index (χ1n) is 7.38. The molecule has 0 spiro atoms. The molecule has 0 atom stereocenters. The largest absolute Gasteiger partial charge is 0.480 e. The number of nitrogens with zero attached hydrogens (tertiary/aromatic N) is 3. The molecule has 2 aromatic heterocycles. The summed E-state index contributed by atoms with van der Waals surface area (Å²) in [5.74, 6) is -1.03. The first-order valence-corrected chi connectivity index (χ1v) is 7.38. The molecular weight excluding hydrogens is 325 g/mol. The van der Waals surface area contributed by atoms with Gasteiger partial charge in [0.2, 0.25) is 5.95 Å². The van der Waals surface area contributed by atoms with Gasteiger partial charge in [0.1, 0.15) is 18.2 Å². The van der Waals surface area contributed by atoms with Gasteiger partial charge in [-0.25, -0.2) is 9.37 Å². The van der Waals surface area contributed by atoms with Gasteiger partial charge in [-0.1, -0.05) is 12.1 Å². The molecule has 0 saturated carbocycles. The summed E-state index contributed by atoms with van der Waals surface area (Å²) < 4.78 is 13.8. The molecule has 0 aliphatic carbocycles. The summed E-state index contributed by atoms with van der Waals surface area (Å²) in [4.78, 5) is 23.3. The maximum atomic E-state index is 13.8. The average molecular weight is 339 g/mol. The highest BCUT2D eigenvalue weighted by Crippen LogP contribution is 2.24. The van der Waals surface area contributed by atoms with E-state index >= 15 is 0 Å². The Kier molecular flexibility index (Phi) is 4.79.